The van der Waals surface area contributed by atoms with Gasteiger partial charge in [-0.2, -0.15) is 0 Å². The van der Waals surface area contributed by atoms with Gasteiger partial charge in [0.25, 0.3) is 0 Å². The fraction of sp³-hybridized carbons (Fsp3) is 0.0833. The first kappa shape index (κ1) is 20.4. The van der Waals surface area contributed by atoms with Gasteiger partial charge in [-0.05, 0) is 29.8 Å². The van der Waals surface area contributed by atoms with E-state index in [9.17, 15) is 9.59 Å². The third-order valence-electron chi connectivity index (χ3n) is 4.30. The lowest BCUT2D eigenvalue weighted by molar-refractivity contribution is 0.104. The number of benzene rings is 3. The topological polar surface area (TPSA) is 40.6 Å². The van der Waals surface area contributed by atoms with Crippen molar-refractivity contribution in [3.63, 3.8) is 0 Å². The molecule has 0 saturated carbocycles. The molecule has 0 fully saturated rings. The van der Waals surface area contributed by atoms with Crippen LogP contribution >= 0.6 is 11.6 Å². The van der Waals surface area contributed by atoms with Crippen molar-refractivity contribution in [2.75, 3.05) is 19.0 Å². The van der Waals surface area contributed by atoms with Crippen LogP contribution in [0.3, 0.4) is 0 Å². The Kier molecular flexibility index (Phi) is 6.47. The van der Waals surface area contributed by atoms with Gasteiger partial charge in [-0.25, -0.2) is 4.79 Å². The Morgan fingerprint density at radius 1 is 0.759 bits per heavy atom. The zero-order chi connectivity index (χ0) is 20.8. The Balaban J connectivity index is 2.18. The molecule has 0 heterocycles. The van der Waals surface area contributed by atoms with Gasteiger partial charge in [0.15, 0.2) is 5.78 Å². The molecule has 146 valence electrons. The number of halogens is 1. The summed E-state index contributed by atoms with van der Waals surface area (Å²) < 4.78 is 0. The first-order valence-electron chi connectivity index (χ1n) is 9.11. The average molecular weight is 405 g/mol. The Labute approximate surface area is 175 Å². The summed E-state index contributed by atoms with van der Waals surface area (Å²) in [7, 11) is 3.35. The van der Waals surface area contributed by atoms with Crippen LogP contribution < -0.4 is 4.90 Å². The Morgan fingerprint density at radius 3 is 1.79 bits per heavy atom. The van der Waals surface area contributed by atoms with E-state index in [-0.39, 0.29) is 11.8 Å². The van der Waals surface area contributed by atoms with Crippen LogP contribution in [-0.4, -0.2) is 30.8 Å². The first-order valence-corrected chi connectivity index (χ1v) is 9.48. The molecular formula is C24H21ClN2O2. The lowest BCUT2D eigenvalue weighted by atomic mass is 10.0. The van der Waals surface area contributed by atoms with Crippen molar-refractivity contribution in [1.82, 2.24) is 4.90 Å². The molecule has 3 rings (SSSR count). The molecule has 0 bridgehead atoms. The third-order valence-corrected chi connectivity index (χ3v) is 4.55. The summed E-state index contributed by atoms with van der Waals surface area (Å²) >= 11 is 6.04. The molecule has 0 aliphatic rings. The van der Waals surface area contributed by atoms with Crippen LogP contribution in [0, 0.1) is 0 Å². The molecule has 0 N–H and O–H groups in total. The maximum absolute atomic E-state index is 13.1. The number of carbonyl (C=O) groups excluding carboxylic acids is 2. The highest BCUT2D eigenvalue weighted by molar-refractivity contribution is 6.30. The van der Waals surface area contributed by atoms with Crippen LogP contribution in [0.5, 0.6) is 0 Å². The first-order chi connectivity index (χ1) is 14.0. The van der Waals surface area contributed by atoms with E-state index in [2.05, 4.69) is 0 Å². The van der Waals surface area contributed by atoms with Crippen LogP contribution in [0.2, 0.25) is 5.02 Å². The standard InChI is InChI=1S/C24H21ClN2O2/c1-26(2)24(29)27(21-15-13-20(25)14-16-21)22(18-9-5-3-6-10-18)17-23(28)19-11-7-4-8-12-19/h3-17H,1-2H3/b22-17+. The second-order valence-electron chi connectivity index (χ2n) is 6.61. The van der Waals surface area contributed by atoms with Crippen molar-refractivity contribution in [2.24, 2.45) is 0 Å². The monoisotopic (exact) mass is 404 g/mol. The summed E-state index contributed by atoms with van der Waals surface area (Å²) in [6.45, 7) is 0. The summed E-state index contributed by atoms with van der Waals surface area (Å²) in [5.41, 5.74) is 2.40. The quantitative estimate of drug-likeness (QED) is 0.401. The van der Waals surface area contributed by atoms with Crippen molar-refractivity contribution in [2.45, 2.75) is 0 Å². The molecule has 0 aromatic heterocycles. The maximum atomic E-state index is 13.1. The summed E-state index contributed by atoms with van der Waals surface area (Å²) in [6, 6.07) is 25.0. The number of ketones is 1. The van der Waals surface area contributed by atoms with Crippen LogP contribution in [0.4, 0.5) is 10.5 Å². The fourth-order valence-corrected chi connectivity index (χ4v) is 2.96. The van der Waals surface area contributed by atoms with E-state index in [4.69, 9.17) is 11.6 Å². The molecule has 0 radical (unpaired) electrons. The van der Waals surface area contributed by atoms with Gasteiger partial charge < -0.3 is 4.90 Å². The van der Waals surface area contributed by atoms with E-state index in [0.717, 1.165) is 5.56 Å². The highest BCUT2D eigenvalue weighted by Crippen LogP contribution is 2.29. The molecule has 5 heteroatoms. The van der Waals surface area contributed by atoms with E-state index in [0.29, 0.717) is 22.0 Å². The lowest BCUT2D eigenvalue weighted by Gasteiger charge is -2.29. The highest BCUT2D eigenvalue weighted by atomic mass is 35.5. The van der Waals surface area contributed by atoms with E-state index in [1.807, 2.05) is 48.5 Å². The second kappa shape index (κ2) is 9.22. The molecule has 0 unspecified atom stereocenters. The predicted molar refractivity (Wildman–Crippen MR) is 118 cm³/mol. The second-order valence-corrected chi connectivity index (χ2v) is 7.05. The molecule has 0 spiro atoms. The fourth-order valence-electron chi connectivity index (χ4n) is 2.84. The summed E-state index contributed by atoms with van der Waals surface area (Å²) in [4.78, 5) is 29.1. The van der Waals surface area contributed by atoms with Gasteiger partial charge in [0.05, 0.1) is 11.4 Å². The van der Waals surface area contributed by atoms with E-state index < -0.39 is 0 Å². The number of anilines is 1. The van der Waals surface area contributed by atoms with Crippen molar-refractivity contribution in [1.29, 1.82) is 0 Å². The zero-order valence-corrected chi connectivity index (χ0v) is 17.0. The summed E-state index contributed by atoms with van der Waals surface area (Å²) in [5, 5.41) is 0.566. The van der Waals surface area contributed by atoms with Gasteiger partial charge in [0.1, 0.15) is 0 Å². The van der Waals surface area contributed by atoms with E-state index in [1.54, 1.807) is 50.5 Å². The number of amides is 2. The molecule has 29 heavy (non-hydrogen) atoms. The van der Waals surface area contributed by atoms with Crippen LogP contribution in [0.25, 0.3) is 5.70 Å². The molecule has 3 aromatic rings. The summed E-state index contributed by atoms with van der Waals surface area (Å²) in [6.07, 6.45) is 1.50. The van der Waals surface area contributed by atoms with Crippen LogP contribution in [0.15, 0.2) is 91.0 Å². The Bertz CT molecular complexity index is 1010. The minimum absolute atomic E-state index is 0.185. The molecule has 0 atom stereocenters. The maximum Gasteiger partial charge on any atom is 0.328 e. The molecule has 0 saturated heterocycles. The number of hydrogen-bond acceptors (Lipinski definition) is 2. The molecule has 4 nitrogen and oxygen atoms in total. The van der Waals surface area contributed by atoms with Gasteiger partial charge in [-0.1, -0.05) is 72.3 Å². The smallest absolute Gasteiger partial charge is 0.328 e. The van der Waals surface area contributed by atoms with E-state index >= 15 is 0 Å². The summed E-state index contributed by atoms with van der Waals surface area (Å²) in [5.74, 6) is -0.185. The number of allylic oxidation sites excluding steroid dienone is 1. The van der Waals surface area contributed by atoms with Crippen molar-refractivity contribution in [3.8, 4) is 0 Å². The number of nitrogens with zero attached hydrogens (tertiary/aromatic N) is 2. The molecular weight excluding hydrogens is 384 g/mol. The van der Waals surface area contributed by atoms with Crippen molar-refractivity contribution < 1.29 is 9.59 Å². The van der Waals surface area contributed by atoms with Crippen LogP contribution in [-0.2, 0) is 0 Å². The molecule has 0 aliphatic carbocycles. The van der Waals surface area contributed by atoms with Gasteiger partial charge >= 0.3 is 6.03 Å². The average Bonchev–Trinajstić information content (AvgIpc) is 2.75. The van der Waals surface area contributed by atoms with Crippen molar-refractivity contribution >= 4 is 34.8 Å². The molecule has 2 amide bonds. The number of urea groups is 1. The minimum atomic E-state index is -0.275. The normalized spacial score (nSPS) is 11.1. The number of rotatable bonds is 5. The molecule has 3 aromatic carbocycles. The Morgan fingerprint density at radius 2 is 1.28 bits per heavy atom. The largest absolute Gasteiger partial charge is 0.330 e. The highest BCUT2D eigenvalue weighted by Gasteiger charge is 2.24. The number of carbonyl (C=O) groups is 2. The van der Waals surface area contributed by atoms with Crippen LogP contribution in [0.1, 0.15) is 15.9 Å². The SMILES string of the molecule is CN(C)C(=O)N(/C(=C/C(=O)c1ccccc1)c1ccccc1)c1ccc(Cl)cc1. The van der Waals surface area contributed by atoms with Gasteiger partial charge in [-0.15, -0.1) is 0 Å². The van der Waals surface area contributed by atoms with Gasteiger partial charge in [0, 0.05) is 30.8 Å². The zero-order valence-electron chi connectivity index (χ0n) is 16.2. The number of hydrogen-bond donors (Lipinski definition) is 0. The van der Waals surface area contributed by atoms with Crippen molar-refractivity contribution in [3.05, 3.63) is 107 Å². The van der Waals surface area contributed by atoms with E-state index in [1.165, 1.54) is 15.9 Å². The van der Waals surface area contributed by atoms with Gasteiger partial charge in [-0.3, -0.25) is 9.69 Å². The minimum Gasteiger partial charge on any atom is -0.330 e. The molecule has 0 aliphatic heterocycles. The lowest BCUT2D eigenvalue weighted by Crippen LogP contribution is -2.38. The third kappa shape index (κ3) is 4.92. The Hall–Kier alpha value is -3.37. The van der Waals surface area contributed by atoms with Gasteiger partial charge in [0.2, 0.25) is 0 Å². The predicted octanol–water partition coefficient (Wildman–Crippen LogP) is 5.75.